The third-order valence-corrected chi connectivity index (χ3v) is 3.66. The molecular weight excluding hydrogens is 263 g/mol. The monoisotopic (exact) mass is 280 g/mol. The molecule has 0 radical (unpaired) electrons. The molecule has 0 aromatic carbocycles. The third kappa shape index (κ3) is 2.46. The van der Waals surface area contributed by atoms with Gasteiger partial charge in [0.05, 0.1) is 6.10 Å². The number of hydrogen-bond donors (Lipinski definition) is 0. The molecule has 0 bridgehead atoms. The van der Waals surface area contributed by atoms with E-state index in [1.54, 1.807) is 0 Å². The number of hydrogen-bond acceptors (Lipinski definition) is 1. The van der Waals surface area contributed by atoms with Gasteiger partial charge in [0.2, 0.25) is 0 Å². The maximum Gasteiger partial charge on any atom is 0.0907 e. The fraction of sp³-hybridized carbons (Fsp3) is 0.800. The van der Waals surface area contributed by atoms with Crippen LogP contribution in [0, 0.1) is 5.92 Å². The van der Waals surface area contributed by atoms with Crippen molar-refractivity contribution in [1.29, 1.82) is 0 Å². The second-order valence-electron chi connectivity index (χ2n) is 3.30. The first-order chi connectivity index (χ1) is 5.79. The van der Waals surface area contributed by atoms with E-state index < -0.39 is 0 Å². The van der Waals surface area contributed by atoms with Crippen LogP contribution in [0.15, 0.2) is 9.66 Å². The maximum atomic E-state index is 5.70. The fourth-order valence-electron chi connectivity index (χ4n) is 1.77. The Balaban J connectivity index is 2.51. The van der Waals surface area contributed by atoms with E-state index in [4.69, 9.17) is 4.74 Å². The van der Waals surface area contributed by atoms with Gasteiger partial charge in [-0.15, -0.1) is 0 Å². The lowest BCUT2D eigenvalue weighted by atomic mass is 9.96. The molecule has 12 heavy (non-hydrogen) atoms. The quantitative estimate of drug-likeness (QED) is 0.719. The highest BCUT2D eigenvalue weighted by Gasteiger charge is 2.28. The molecular formula is C10H17IO. The Hall–Kier alpha value is 0.430. The van der Waals surface area contributed by atoms with Crippen molar-refractivity contribution in [3.63, 3.8) is 0 Å². The highest BCUT2D eigenvalue weighted by molar-refractivity contribution is 14.1. The van der Waals surface area contributed by atoms with Crippen LogP contribution in [0.25, 0.3) is 0 Å². The summed E-state index contributed by atoms with van der Waals surface area (Å²) >= 11 is 2.40. The molecule has 0 aromatic rings. The van der Waals surface area contributed by atoms with Crippen LogP contribution in [-0.2, 0) is 4.74 Å². The van der Waals surface area contributed by atoms with Gasteiger partial charge >= 0.3 is 0 Å². The number of rotatable bonds is 3. The van der Waals surface area contributed by atoms with Crippen LogP contribution in [0.5, 0.6) is 0 Å². The van der Waals surface area contributed by atoms with Crippen molar-refractivity contribution in [3.05, 3.63) is 9.66 Å². The Morgan fingerprint density at radius 3 is 3.00 bits per heavy atom. The molecule has 1 fully saturated rings. The van der Waals surface area contributed by atoms with E-state index in [1.165, 1.54) is 22.8 Å². The average Bonchev–Trinajstić information content (AvgIpc) is 2.52. The van der Waals surface area contributed by atoms with E-state index in [9.17, 15) is 0 Å². The molecule has 0 N–H and O–H groups in total. The van der Waals surface area contributed by atoms with E-state index in [0.717, 1.165) is 12.5 Å². The van der Waals surface area contributed by atoms with E-state index in [-0.39, 0.29) is 0 Å². The molecule has 0 spiro atoms. The minimum Gasteiger partial charge on any atom is -0.373 e. The van der Waals surface area contributed by atoms with Crippen LogP contribution in [0.3, 0.4) is 0 Å². The number of allylic oxidation sites excluding steroid dienone is 1. The van der Waals surface area contributed by atoms with Gasteiger partial charge in [-0.25, -0.2) is 0 Å². The SMILES string of the molecule is C/C=C(\I)[C@@H]1OCC[C@H]1CCC. The fourth-order valence-corrected chi connectivity index (χ4v) is 2.46. The first-order valence-corrected chi connectivity index (χ1v) is 5.80. The molecule has 0 aliphatic carbocycles. The Morgan fingerprint density at radius 2 is 2.42 bits per heavy atom. The van der Waals surface area contributed by atoms with Crippen molar-refractivity contribution < 1.29 is 4.74 Å². The van der Waals surface area contributed by atoms with Gasteiger partial charge in [0.15, 0.2) is 0 Å². The average molecular weight is 280 g/mol. The summed E-state index contributed by atoms with van der Waals surface area (Å²) in [5.74, 6) is 0.776. The van der Waals surface area contributed by atoms with Gasteiger partial charge in [-0.05, 0) is 48.3 Å². The minimum atomic E-state index is 0.413. The van der Waals surface area contributed by atoms with Crippen molar-refractivity contribution in [3.8, 4) is 0 Å². The molecule has 1 rings (SSSR count). The van der Waals surface area contributed by atoms with Crippen LogP contribution < -0.4 is 0 Å². The van der Waals surface area contributed by atoms with Gasteiger partial charge in [0.1, 0.15) is 0 Å². The molecule has 1 aliphatic heterocycles. The van der Waals surface area contributed by atoms with Gasteiger partial charge in [-0.1, -0.05) is 19.4 Å². The highest BCUT2D eigenvalue weighted by Crippen LogP contribution is 2.32. The third-order valence-electron chi connectivity index (χ3n) is 2.42. The van der Waals surface area contributed by atoms with Crippen LogP contribution >= 0.6 is 22.6 Å². The zero-order valence-corrected chi connectivity index (χ0v) is 10.0. The minimum absolute atomic E-state index is 0.413. The van der Waals surface area contributed by atoms with Crippen LogP contribution in [0.2, 0.25) is 0 Å². The second kappa shape index (κ2) is 5.22. The van der Waals surface area contributed by atoms with Gasteiger partial charge in [0, 0.05) is 10.2 Å². The molecule has 1 saturated heterocycles. The standard InChI is InChI=1S/C10H17IO/c1-3-5-8-6-7-12-10(8)9(11)4-2/h4,8,10H,3,5-7H2,1-2H3/b9-4-/t8-,10-/m1/s1. The van der Waals surface area contributed by atoms with Crippen molar-refractivity contribution in [2.24, 2.45) is 5.92 Å². The Kier molecular flexibility index (Phi) is 4.57. The molecule has 1 nitrogen and oxygen atoms in total. The van der Waals surface area contributed by atoms with Gasteiger partial charge in [0.25, 0.3) is 0 Å². The van der Waals surface area contributed by atoms with Crippen LogP contribution in [-0.4, -0.2) is 12.7 Å². The second-order valence-corrected chi connectivity index (χ2v) is 4.55. The highest BCUT2D eigenvalue weighted by atomic mass is 127. The van der Waals surface area contributed by atoms with Crippen LogP contribution in [0.1, 0.15) is 33.1 Å². The Labute approximate surface area is 88.7 Å². The summed E-state index contributed by atoms with van der Waals surface area (Å²) < 4.78 is 7.07. The van der Waals surface area contributed by atoms with Gasteiger partial charge < -0.3 is 4.74 Å². The summed E-state index contributed by atoms with van der Waals surface area (Å²) in [6.07, 6.45) is 6.41. The summed E-state index contributed by atoms with van der Waals surface area (Å²) in [7, 11) is 0. The maximum absolute atomic E-state index is 5.70. The molecule has 70 valence electrons. The molecule has 2 heteroatoms. The van der Waals surface area contributed by atoms with Crippen molar-refractivity contribution in [1.82, 2.24) is 0 Å². The first kappa shape index (κ1) is 10.5. The predicted molar refractivity (Wildman–Crippen MR) is 60.5 cm³/mol. The first-order valence-electron chi connectivity index (χ1n) is 4.72. The number of ether oxygens (including phenoxy) is 1. The molecule has 1 aliphatic rings. The van der Waals surface area contributed by atoms with E-state index in [1.807, 2.05) is 0 Å². The lowest BCUT2D eigenvalue weighted by Crippen LogP contribution is -2.15. The molecule has 1 heterocycles. The predicted octanol–water partition coefficient (Wildman–Crippen LogP) is 3.53. The van der Waals surface area contributed by atoms with Gasteiger partial charge in [-0.2, -0.15) is 0 Å². The molecule has 0 amide bonds. The van der Waals surface area contributed by atoms with Gasteiger partial charge in [-0.3, -0.25) is 0 Å². The lowest BCUT2D eigenvalue weighted by Gasteiger charge is -2.16. The summed E-state index contributed by atoms with van der Waals surface area (Å²) in [6, 6.07) is 0. The zero-order chi connectivity index (χ0) is 8.97. The lowest BCUT2D eigenvalue weighted by molar-refractivity contribution is 0.124. The summed E-state index contributed by atoms with van der Waals surface area (Å²) in [5, 5.41) is 0. The van der Waals surface area contributed by atoms with Crippen molar-refractivity contribution in [2.45, 2.75) is 39.2 Å². The number of halogens is 1. The Morgan fingerprint density at radius 1 is 1.67 bits per heavy atom. The normalized spacial score (nSPS) is 31.1. The molecule has 0 saturated carbocycles. The summed E-state index contributed by atoms with van der Waals surface area (Å²) in [6.45, 7) is 5.29. The van der Waals surface area contributed by atoms with Crippen LogP contribution in [0.4, 0.5) is 0 Å². The topological polar surface area (TPSA) is 9.23 Å². The van der Waals surface area contributed by atoms with E-state index in [0.29, 0.717) is 6.10 Å². The summed E-state index contributed by atoms with van der Waals surface area (Å²) in [5.41, 5.74) is 0. The Bertz CT molecular complexity index is 165. The van der Waals surface area contributed by atoms with E-state index in [2.05, 4.69) is 42.5 Å². The smallest absolute Gasteiger partial charge is 0.0907 e. The molecule has 0 aromatic heterocycles. The molecule has 2 atom stereocenters. The van der Waals surface area contributed by atoms with E-state index >= 15 is 0 Å². The summed E-state index contributed by atoms with van der Waals surface area (Å²) in [4.78, 5) is 0. The van der Waals surface area contributed by atoms with Crippen molar-refractivity contribution in [2.75, 3.05) is 6.61 Å². The zero-order valence-electron chi connectivity index (χ0n) is 7.85. The largest absolute Gasteiger partial charge is 0.373 e. The van der Waals surface area contributed by atoms with Crippen molar-refractivity contribution >= 4 is 22.6 Å². The molecule has 0 unspecified atom stereocenters.